The molecule has 2 aromatic rings. The topological polar surface area (TPSA) is 102 Å². The molecule has 0 aliphatic rings. The van der Waals surface area contributed by atoms with E-state index in [0.29, 0.717) is 40.9 Å². The number of rotatable bonds is 13. The Kier molecular flexibility index (Phi) is 10.1. The van der Waals surface area contributed by atoms with E-state index >= 15 is 0 Å². The molecule has 0 aromatic heterocycles. The van der Waals surface area contributed by atoms with E-state index in [1.165, 1.54) is 34.5 Å². The van der Waals surface area contributed by atoms with E-state index in [9.17, 15) is 9.59 Å². The molecule has 0 aliphatic carbocycles. The molecule has 0 saturated heterocycles. The fraction of sp³-hybridized carbons (Fsp3) is 0.417. The van der Waals surface area contributed by atoms with E-state index in [1.54, 1.807) is 24.3 Å². The molecule has 0 spiro atoms. The quantitative estimate of drug-likeness (QED) is 0.358. The van der Waals surface area contributed by atoms with Crippen molar-refractivity contribution in [2.24, 2.45) is 0 Å². The van der Waals surface area contributed by atoms with Crippen LogP contribution in [0.15, 0.2) is 30.3 Å². The zero-order chi connectivity index (χ0) is 24.2. The molecule has 0 unspecified atom stereocenters. The second-order valence-corrected chi connectivity index (χ2v) is 6.94. The van der Waals surface area contributed by atoms with Crippen molar-refractivity contribution in [3.8, 4) is 28.7 Å². The van der Waals surface area contributed by atoms with Crippen LogP contribution in [0, 0.1) is 0 Å². The molecule has 0 fully saturated rings. The monoisotopic (exact) mass is 461 g/mol. The van der Waals surface area contributed by atoms with Gasteiger partial charge in [-0.1, -0.05) is 13.3 Å². The number of amides is 1. The van der Waals surface area contributed by atoms with Crippen molar-refractivity contribution < 1.29 is 38.0 Å². The number of carbonyl (C=O) groups excluding carboxylic acids is 2. The van der Waals surface area contributed by atoms with Crippen LogP contribution >= 0.6 is 0 Å². The molecule has 0 radical (unpaired) electrons. The lowest BCUT2D eigenvalue weighted by Crippen LogP contribution is -2.28. The Bertz CT molecular complexity index is 944. The maximum absolute atomic E-state index is 12.4. The molecular formula is C24H31NO8. The Hall–Kier alpha value is -3.62. The van der Waals surface area contributed by atoms with Crippen molar-refractivity contribution in [1.29, 1.82) is 0 Å². The maximum Gasteiger partial charge on any atom is 0.338 e. The van der Waals surface area contributed by atoms with Crippen molar-refractivity contribution in [2.45, 2.75) is 26.3 Å². The van der Waals surface area contributed by atoms with Crippen LogP contribution in [0.4, 0.5) is 0 Å². The molecule has 180 valence electrons. The minimum atomic E-state index is -0.646. The third-order valence-corrected chi connectivity index (χ3v) is 4.75. The van der Waals surface area contributed by atoms with Gasteiger partial charge in [0.2, 0.25) is 0 Å². The van der Waals surface area contributed by atoms with Crippen LogP contribution in [-0.4, -0.2) is 53.5 Å². The van der Waals surface area contributed by atoms with Crippen LogP contribution in [-0.2, 0) is 16.1 Å². The van der Waals surface area contributed by atoms with Crippen LogP contribution in [0.5, 0.6) is 28.7 Å². The molecule has 0 bridgehead atoms. The molecule has 1 amide bonds. The summed E-state index contributed by atoms with van der Waals surface area (Å²) in [7, 11) is 6.05. The maximum atomic E-state index is 12.4. The highest BCUT2D eigenvalue weighted by Crippen LogP contribution is 2.34. The van der Waals surface area contributed by atoms with Crippen molar-refractivity contribution in [2.75, 3.05) is 41.7 Å². The van der Waals surface area contributed by atoms with Gasteiger partial charge in [0.15, 0.2) is 29.6 Å². The van der Waals surface area contributed by atoms with Crippen molar-refractivity contribution >= 4 is 11.9 Å². The molecule has 9 nitrogen and oxygen atoms in total. The molecule has 0 aliphatic heterocycles. The second kappa shape index (κ2) is 13.0. The van der Waals surface area contributed by atoms with Crippen LogP contribution in [0.25, 0.3) is 0 Å². The summed E-state index contributed by atoms with van der Waals surface area (Å²) < 4.78 is 32.0. The average molecular weight is 462 g/mol. The van der Waals surface area contributed by atoms with E-state index in [2.05, 4.69) is 12.2 Å². The lowest BCUT2D eigenvalue weighted by Gasteiger charge is -2.14. The summed E-state index contributed by atoms with van der Waals surface area (Å²) in [6.45, 7) is 2.34. The Morgan fingerprint density at radius 3 is 2.09 bits per heavy atom. The highest BCUT2D eigenvalue weighted by molar-refractivity contribution is 5.92. The van der Waals surface area contributed by atoms with Crippen LogP contribution in [0.3, 0.4) is 0 Å². The second-order valence-electron chi connectivity index (χ2n) is 6.94. The minimum absolute atomic E-state index is 0.150. The van der Waals surface area contributed by atoms with Crippen LogP contribution in [0.2, 0.25) is 0 Å². The zero-order valence-corrected chi connectivity index (χ0v) is 19.7. The minimum Gasteiger partial charge on any atom is -0.496 e. The fourth-order valence-corrected chi connectivity index (χ4v) is 2.93. The molecule has 9 heteroatoms. The first-order chi connectivity index (χ1) is 16.0. The normalized spacial score (nSPS) is 10.2. The Balaban J connectivity index is 1.94. The van der Waals surface area contributed by atoms with Gasteiger partial charge in [-0.2, -0.15) is 0 Å². The van der Waals surface area contributed by atoms with E-state index in [1.807, 2.05) is 0 Å². The Labute approximate surface area is 193 Å². The van der Waals surface area contributed by atoms with Crippen molar-refractivity contribution in [3.63, 3.8) is 0 Å². The number of hydrogen-bond donors (Lipinski definition) is 1. The number of benzene rings is 2. The molecule has 2 rings (SSSR count). The zero-order valence-electron chi connectivity index (χ0n) is 19.7. The highest BCUT2D eigenvalue weighted by atomic mass is 16.5. The first-order valence-corrected chi connectivity index (χ1v) is 10.5. The third kappa shape index (κ3) is 7.20. The predicted octanol–water partition coefficient (Wildman–Crippen LogP) is 3.37. The molecule has 1 N–H and O–H groups in total. The van der Waals surface area contributed by atoms with Gasteiger partial charge in [-0.3, -0.25) is 4.79 Å². The van der Waals surface area contributed by atoms with Crippen LogP contribution in [0.1, 0.15) is 35.7 Å². The van der Waals surface area contributed by atoms with Gasteiger partial charge in [0.05, 0.1) is 40.6 Å². The molecule has 0 saturated carbocycles. The van der Waals surface area contributed by atoms with E-state index in [0.717, 1.165) is 12.8 Å². The summed E-state index contributed by atoms with van der Waals surface area (Å²) in [4.78, 5) is 24.6. The van der Waals surface area contributed by atoms with Gasteiger partial charge in [0.25, 0.3) is 5.91 Å². The number of nitrogens with one attached hydrogen (secondary N) is 1. The highest BCUT2D eigenvalue weighted by Gasteiger charge is 2.16. The van der Waals surface area contributed by atoms with Crippen LogP contribution < -0.4 is 29.0 Å². The average Bonchev–Trinajstić information content (AvgIpc) is 2.85. The predicted molar refractivity (Wildman–Crippen MR) is 122 cm³/mol. The first-order valence-electron chi connectivity index (χ1n) is 10.5. The lowest BCUT2D eigenvalue weighted by molar-refractivity contribution is -0.124. The van der Waals surface area contributed by atoms with Gasteiger partial charge in [0.1, 0.15) is 5.75 Å². The summed E-state index contributed by atoms with van der Waals surface area (Å²) >= 11 is 0. The summed E-state index contributed by atoms with van der Waals surface area (Å²) in [5, 5.41) is 2.69. The molecule has 0 atom stereocenters. The third-order valence-electron chi connectivity index (χ3n) is 4.75. The van der Waals surface area contributed by atoms with Gasteiger partial charge < -0.3 is 33.7 Å². The number of carbonyl (C=O) groups is 2. The van der Waals surface area contributed by atoms with E-state index in [4.69, 9.17) is 28.4 Å². The SMILES string of the molecule is CCCCOc1ccc(C(=O)OCC(=O)NCc2cc(OC)c(OC)cc2OC)cc1OC. The smallest absolute Gasteiger partial charge is 0.338 e. The first kappa shape index (κ1) is 25.6. The van der Waals surface area contributed by atoms with Crippen molar-refractivity contribution in [1.82, 2.24) is 5.32 Å². The number of unbranched alkanes of at least 4 members (excludes halogenated alkanes) is 1. The summed E-state index contributed by atoms with van der Waals surface area (Å²) in [5.74, 6) is 1.40. The molecule has 0 heterocycles. The fourth-order valence-electron chi connectivity index (χ4n) is 2.93. The summed E-state index contributed by atoms with van der Waals surface area (Å²) in [5.41, 5.74) is 0.933. The Morgan fingerprint density at radius 2 is 1.45 bits per heavy atom. The van der Waals surface area contributed by atoms with Crippen molar-refractivity contribution in [3.05, 3.63) is 41.5 Å². The standard InChI is InChI=1S/C24H31NO8/c1-6-7-10-32-18-9-8-16(11-20(18)29-3)24(27)33-15-23(26)25-14-17-12-21(30-4)22(31-5)13-19(17)28-2/h8-9,11-13H,6-7,10,14-15H2,1-5H3,(H,25,26). The number of ether oxygens (including phenoxy) is 6. The van der Waals surface area contributed by atoms with Gasteiger partial charge in [-0.05, 0) is 30.7 Å². The van der Waals surface area contributed by atoms with Gasteiger partial charge in [-0.25, -0.2) is 4.79 Å². The van der Waals surface area contributed by atoms with E-state index < -0.39 is 18.5 Å². The van der Waals surface area contributed by atoms with Gasteiger partial charge in [0, 0.05) is 18.2 Å². The molecule has 2 aromatic carbocycles. The summed E-state index contributed by atoms with van der Waals surface area (Å²) in [6, 6.07) is 8.12. The number of methoxy groups -OCH3 is 4. The van der Waals surface area contributed by atoms with E-state index in [-0.39, 0.29) is 12.1 Å². The Morgan fingerprint density at radius 1 is 0.818 bits per heavy atom. The van der Waals surface area contributed by atoms with Gasteiger partial charge >= 0.3 is 5.97 Å². The number of hydrogen-bond acceptors (Lipinski definition) is 8. The summed E-state index contributed by atoms with van der Waals surface area (Å²) in [6.07, 6.45) is 1.92. The number of esters is 1. The van der Waals surface area contributed by atoms with Gasteiger partial charge in [-0.15, -0.1) is 0 Å². The molecular weight excluding hydrogens is 430 g/mol. The lowest BCUT2D eigenvalue weighted by atomic mass is 10.1. The largest absolute Gasteiger partial charge is 0.496 e. The molecule has 33 heavy (non-hydrogen) atoms.